The van der Waals surface area contributed by atoms with Crippen molar-refractivity contribution >= 4 is 68.6 Å². The molecule has 3 nitrogen and oxygen atoms in total. The molecule has 0 bridgehead atoms. The van der Waals surface area contributed by atoms with E-state index >= 15 is 0 Å². The molecule has 1 fully saturated rings. The van der Waals surface area contributed by atoms with Crippen LogP contribution in [-0.4, -0.2) is 12.3 Å². The molecule has 2 atom stereocenters. The van der Waals surface area contributed by atoms with Gasteiger partial charge in [0.05, 0.1) is 11.2 Å². The number of rotatable bonds is 4. The third-order valence-electron chi connectivity index (χ3n) is 24.6. The minimum absolute atomic E-state index is 0.00968. The Balaban J connectivity index is 1.14. The molecule has 2 unspecified atom stereocenters. The number of anilines is 8. The number of fused-ring (bicyclic) bond motifs is 11. The average Bonchev–Trinajstić information content (AvgIpc) is 1.69. The molecule has 4 heteroatoms. The molecular weight excluding hydrogens is 1070 g/mol. The van der Waals surface area contributed by atoms with E-state index in [-0.39, 0.29) is 61.0 Å². The van der Waals surface area contributed by atoms with E-state index in [2.05, 4.69) is 300 Å². The first-order valence-electron chi connectivity index (χ1n) is 34.1. The van der Waals surface area contributed by atoms with Crippen molar-refractivity contribution < 1.29 is 0 Å². The fourth-order valence-corrected chi connectivity index (χ4v) is 20.0. The highest BCUT2D eigenvalue weighted by molar-refractivity contribution is 7.00. The van der Waals surface area contributed by atoms with Gasteiger partial charge in [-0.1, -0.05) is 235 Å². The van der Waals surface area contributed by atoms with Crippen molar-refractivity contribution in [2.75, 3.05) is 14.7 Å². The minimum Gasteiger partial charge on any atom is -0.334 e. The van der Waals surface area contributed by atoms with Gasteiger partial charge >= 0.3 is 0 Å². The molecule has 89 heavy (non-hydrogen) atoms. The van der Waals surface area contributed by atoms with Crippen molar-refractivity contribution in [2.24, 2.45) is 0 Å². The molecule has 3 aliphatic heterocycles. The molecule has 7 aliphatic rings. The summed E-state index contributed by atoms with van der Waals surface area (Å²) in [5, 5.41) is 0. The van der Waals surface area contributed by atoms with Crippen LogP contribution in [0.4, 0.5) is 45.5 Å². The highest BCUT2D eigenvalue weighted by Gasteiger charge is 2.59. The molecule has 0 N–H and O–H groups in total. The Morgan fingerprint density at radius 2 is 0.831 bits per heavy atom. The summed E-state index contributed by atoms with van der Waals surface area (Å²) < 4.78 is 0. The van der Waals surface area contributed by atoms with Gasteiger partial charge in [-0.3, -0.25) is 0 Å². The van der Waals surface area contributed by atoms with Gasteiger partial charge in [0.15, 0.2) is 0 Å². The highest BCUT2D eigenvalue weighted by atomic mass is 15.3. The summed E-state index contributed by atoms with van der Waals surface area (Å²) in [6.45, 7) is 52.0. The Labute approximate surface area is 535 Å². The molecule has 8 aromatic rings. The highest BCUT2D eigenvalue weighted by Crippen LogP contribution is 2.64. The number of aryl methyl sites for hydroxylation is 1. The average molecular weight is 1170 g/mol. The van der Waals surface area contributed by atoms with E-state index in [1.165, 1.54) is 153 Å². The van der Waals surface area contributed by atoms with Gasteiger partial charge in [-0.2, -0.15) is 0 Å². The second-order valence-corrected chi connectivity index (χ2v) is 35.3. The van der Waals surface area contributed by atoms with Gasteiger partial charge in [0.25, 0.3) is 6.71 Å². The van der Waals surface area contributed by atoms with Gasteiger partial charge in [0, 0.05) is 61.6 Å². The largest absolute Gasteiger partial charge is 0.334 e. The summed E-state index contributed by atoms with van der Waals surface area (Å²) in [7, 11) is 0. The monoisotopic (exact) mass is 1170 g/mol. The summed E-state index contributed by atoms with van der Waals surface area (Å²) in [4.78, 5) is 8.53. The third-order valence-corrected chi connectivity index (χ3v) is 24.6. The quantitative estimate of drug-likeness (QED) is 0.163. The number of hydrogen-bond donors (Lipinski definition) is 0. The maximum absolute atomic E-state index is 2.90. The maximum atomic E-state index is 2.90. The molecule has 3 heterocycles. The van der Waals surface area contributed by atoms with Crippen LogP contribution in [0, 0.1) is 6.92 Å². The first kappa shape index (κ1) is 58.6. The fraction of sp³-hybridized carbons (Fsp3) is 0.435. The Bertz CT molecular complexity index is 4360. The molecule has 1 saturated carbocycles. The number of benzene rings is 8. The van der Waals surface area contributed by atoms with E-state index in [0.29, 0.717) is 0 Å². The molecule has 4 aliphatic carbocycles. The van der Waals surface area contributed by atoms with Gasteiger partial charge in [-0.05, 0) is 209 Å². The van der Waals surface area contributed by atoms with Crippen molar-refractivity contribution in [2.45, 2.75) is 238 Å². The zero-order valence-electron chi connectivity index (χ0n) is 57.9. The Kier molecular flexibility index (Phi) is 12.0. The first-order chi connectivity index (χ1) is 41.5. The molecule has 0 spiro atoms. The van der Waals surface area contributed by atoms with Crippen LogP contribution in [0.25, 0.3) is 11.1 Å². The zero-order chi connectivity index (χ0) is 63.2. The van der Waals surface area contributed by atoms with Crippen LogP contribution >= 0.6 is 0 Å². The van der Waals surface area contributed by atoms with Crippen molar-refractivity contribution in [1.82, 2.24) is 0 Å². The molecule has 456 valence electrons. The van der Waals surface area contributed by atoms with Gasteiger partial charge in [-0.25, -0.2) is 0 Å². The Hall–Kier alpha value is -6.78. The van der Waals surface area contributed by atoms with Gasteiger partial charge < -0.3 is 14.7 Å². The van der Waals surface area contributed by atoms with Gasteiger partial charge in [-0.15, -0.1) is 0 Å². The summed E-state index contributed by atoms with van der Waals surface area (Å²) in [6.07, 6.45) is 6.94. The standard InChI is InChI=1S/C85H98BN3/c1-51-39-59-61(80(12,13)49-78(59,8)9)46-70(51)88-72-48-64-63(82(16,17)57-31-25-26-32-58(57)83(64,18)19)45-67(72)86-66-44-60-62(81(14,15)50-79(60,10)11)47-71(66)87(68-35-33-53(76(2,3)4)40-56(68)52-29-23-22-24-30-52)73-42-55(43-74(88)75(73)86)89-69-36-34-54(77(5,6)7)41-65(69)84(20)37-27-28-38-85(84,89)21/h22-26,29-36,39-48H,27-28,37-38,49-50H2,1-21H3. The van der Waals surface area contributed by atoms with Gasteiger partial charge in [0.1, 0.15) is 0 Å². The summed E-state index contributed by atoms with van der Waals surface area (Å²) in [6, 6.07) is 57.5. The van der Waals surface area contributed by atoms with Crippen LogP contribution in [0.2, 0.25) is 0 Å². The topological polar surface area (TPSA) is 9.72 Å². The van der Waals surface area contributed by atoms with Crippen molar-refractivity contribution in [1.29, 1.82) is 0 Å². The lowest BCUT2D eigenvalue weighted by atomic mass is 9.32. The van der Waals surface area contributed by atoms with E-state index < -0.39 is 0 Å². The van der Waals surface area contributed by atoms with E-state index in [9.17, 15) is 0 Å². The van der Waals surface area contributed by atoms with E-state index in [4.69, 9.17) is 0 Å². The Morgan fingerprint density at radius 1 is 0.382 bits per heavy atom. The molecular formula is C85H98BN3. The van der Waals surface area contributed by atoms with E-state index in [1.807, 2.05) is 0 Å². The van der Waals surface area contributed by atoms with E-state index in [0.717, 1.165) is 25.7 Å². The molecule has 0 amide bonds. The normalized spacial score (nSPS) is 22.9. The third kappa shape index (κ3) is 8.01. The van der Waals surface area contributed by atoms with Crippen LogP contribution < -0.4 is 31.1 Å². The van der Waals surface area contributed by atoms with Gasteiger partial charge in [0.2, 0.25) is 0 Å². The lowest BCUT2D eigenvalue weighted by Crippen LogP contribution is -2.62. The smallest absolute Gasteiger partial charge is 0.252 e. The van der Waals surface area contributed by atoms with Crippen LogP contribution in [-0.2, 0) is 48.7 Å². The number of hydrogen-bond acceptors (Lipinski definition) is 3. The lowest BCUT2D eigenvalue weighted by Gasteiger charge is -2.51. The second kappa shape index (κ2) is 18.3. The lowest BCUT2D eigenvalue weighted by molar-refractivity contribution is 0.195. The van der Waals surface area contributed by atoms with E-state index in [1.54, 1.807) is 0 Å². The molecule has 15 rings (SSSR count). The van der Waals surface area contributed by atoms with Crippen LogP contribution in [0.15, 0.2) is 140 Å². The summed E-state index contributed by atoms with van der Waals surface area (Å²) in [5.41, 5.74) is 33.5. The summed E-state index contributed by atoms with van der Waals surface area (Å²) >= 11 is 0. The zero-order valence-corrected chi connectivity index (χ0v) is 57.9. The molecule has 0 radical (unpaired) electrons. The van der Waals surface area contributed by atoms with Crippen LogP contribution in [0.1, 0.15) is 244 Å². The second-order valence-electron chi connectivity index (χ2n) is 35.3. The summed E-state index contributed by atoms with van der Waals surface area (Å²) in [5.74, 6) is 0. The minimum atomic E-state index is -0.260. The van der Waals surface area contributed by atoms with Crippen molar-refractivity contribution in [3.8, 4) is 11.1 Å². The first-order valence-corrected chi connectivity index (χ1v) is 34.1. The van der Waals surface area contributed by atoms with Crippen molar-refractivity contribution in [3.63, 3.8) is 0 Å². The maximum Gasteiger partial charge on any atom is 0.252 e. The molecule has 0 aromatic heterocycles. The molecule has 8 aromatic carbocycles. The predicted molar refractivity (Wildman–Crippen MR) is 383 cm³/mol. The van der Waals surface area contributed by atoms with Crippen molar-refractivity contribution in [3.05, 3.63) is 206 Å². The fourth-order valence-electron chi connectivity index (χ4n) is 20.0. The number of nitrogens with zero attached hydrogens (tertiary/aromatic N) is 3. The van der Waals surface area contributed by atoms with Crippen LogP contribution in [0.3, 0.4) is 0 Å². The Morgan fingerprint density at radius 3 is 1.39 bits per heavy atom. The van der Waals surface area contributed by atoms with Crippen LogP contribution in [0.5, 0.6) is 0 Å². The SMILES string of the molecule is Cc1cc2c(cc1N1c3cc4c(cc3B3c5cc6c(cc5N(c5ccc(C(C)(C)C)cc5-c5ccccc5)c5cc(N7c8ccc(C(C)(C)C)cc8C8(C)CCCCC78C)cc1c53)C(C)(C)CC6(C)C)C(C)(C)c1ccccc1C4(C)C)C(C)(C)CC2(C)C. The predicted octanol–water partition coefficient (Wildman–Crippen LogP) is 21.0. The molecule has 0 saturated heterocycles.